The summed E-state index contributed by atoms with van der Waals surface area (Å²) in [6.07, 6.45) is 1.09. The molecule has 0 saturated carbocycles. The maximum absolute atomic E-state index is 12.7. The van der Waals surface area contributed by atoms with Crippen molar-refractivity contribution in [2.24, 2.45) is 5.92 Å². The van der Waals surface area contributed by atoms with Crippen molar-refractivity contribution in [2.45, 2.75) is 39.7 Å². The minimum atomic E-state index is -0.117. The quantitative estimate of drug-likeness (QED) is 0.857. The lowest BCUT2D eigenvalue weighted by molar-refractivity contribution is -0.135. The first-order valence-corrected chi connectivity index (χ1v) is 8.67. The van der Waals surface area contributed by atoms with Crippen LogP contribution in [0.2, 0.25) is 0 Å². The van der Waals surface area contributed by atoms with Gasteiger partial charge in [-0.05, 0) is 35.6 Å². The SMILES string of the molecule is COc1cc2c(cc1OC)C(C(C)C)N(C(=O)CCNC(C)=O)CC2. The molecule has 2 amide bonds. The van der Waals surface area contributed by atoms with Crippen LogP contribution in [-0.2, 0) is 16.0 Å². The normalized spacial score (nSPS) is 16.4. The van der Waals surface area contributed by atoms with Gasteiger partial charge in [-0.3, -0.25) is 9.59 Å². The highest BCUT2D eigenvalue weighted by Gasteiger charge is 2.33. The van der Waals surface area contributed by atoms with Crippen LogP contribution in [0.1, 0.15) is 44.4 Å². The summed E-state index contributed by atoms with van der Waals surface area (Å²) >= 11 is 0. The number of nitrogens with zero attached hydrogens (tertiary/aromatic N) is 1. The third kappa shape index (κ3) is 4.24. The summed E-state index contributed by atoms with van der Waals surface area (Å²) < 4.78 is 10.8. The number of amides is 2. The van der Waals surface area contributed by atoms with Crippen LogP contribution in [0.5, 0.6) is 11.5 Å². The molecule has 1 aliphatic heterocycles. The molecule has 0 radical (unpaired) electrons. The number of carbonyl (C=O) groups is 2. The number of ether oxygens (including phenoxy) is 2. The van der Waals surface area contributed by atoms with Crippen molar-refractivity contribution in [3.05, 3.63) is 23.3 Å². The summed E-state index contributed by atoms with van der Waals surface area (Å²) in [5.74, 6) is 1.61. The molecule has 1 aliphatic rings. The molecule has 138 valence electrons. The van der Waals surface area contributed by atoms with Crippen molar-refractivity contribution >= 4 is 11.8 Å². The molecule has 6 heteroatoms. The first kappa shape index (κ1) is 19.1. The van der Waals surface area contributed by atoms with Crippen molar-refractivity contribution in [1.29, 1.82) is 0 Å². The van der Waals surface area contributed by atoms with Gasteiger partial charge in [-0.1, -0.05) is 13.8 Å². The van der Waals surface area contributed by atoms with Crippen molar-refractivity contribution in [1.82, 2.24) is 10.2 Å². The smallest absolute Gasteiger partial charge is 0.224 e. The van der Waals surface area contributed by atoms with E-state index in [0.29, 0.717) is 31.0 Å². The summed E-state index contributed by atoms with van der Waals surface area (Å²) in [6, 6.07) is 4.00. The van der Waals surface area contributed by atoms with Crippen LogP contribution < -0.4 is 14.8 Å². The van der Waals surface area contributed by atoms with Crippen LogP contribution in [0.3, 0.4) is 0 Å². The van der Waals surface area contributed by atoms with Gasteiger partial charge in [0.15, 0.2) is 11.5 Å². The molecule has 0 fully saturated rings. The molecule has 1 aromatic rings. The summed E-state index contributed by atoms with van der Waals surface area (Å²) in [6.45, 7) is 6.73. The van der Waals surface area contributed by atoms with Crippen molar-refractivity contribution in [3.8, 4) is 11.5 Å². The van der Waals surface area contributed by atoms with Crippen LogP contribution in [0.25, 0.3) is 0 Å². The Morgan fingerprint density at radius 3 is 2.44 bits per heavy atom. The average Bonchev–Trinajstić information content (AvgIpc) is 2.58. The van der Waals surface area contributed by atoms with Gasteiger partial charge in [0.1, 0.15) is 0 Å². The Morgan fingerprint density at radius 1 is 1.24 bits per heavy atom. The highest BCUT2D eigenvalue weighted by Crippen LogP contribution is 2.41. The number of hydrogen-bond donors (Lipinski definition) is 1. The standard InChI is InChI=1S/C19H28N2O4/c1-12(2)19-15-11-17(25-5)16(24-4)10-14(15)7-9-21(19)18(23)6-8-20-13(3)22/h10-12,19H,6-9H2,1-5H3,(H,20,22). The monoisotopic (exact) mass is 348 g/mol. The van der Waals surface area contributed by atoms with Gasteiger partial charge in [-0.25, -0.2) is 0 Å². The van der Waals surface area contributed by atoms with Crippen LogP contribution in [0.4, 0.5) is 0 Å². The molecule has 0 bridgehead atoms. The van der Waals surface area contributed by atoms with Gasteiger partial charge < -0.3 is 19.7 Å². The Balaban J connectivity index is 2.29. The molecular weight excluding hydrogens is 320 g/mol. The molecule has 0 aliphatic carbocycles. The van der Waals surface area contributed by atoms with E-state index in [1.165, 1.54) is 12.5 Å². The Kier molecular flexibility index (Phi) is 6.28. The second kappa shape index (κ2) is 8.23. The van der Waals surface area contributed by atoms with Gasteiger partial charge in [0.05, 0.1) is 20.3 Å². The van der Waals surface area contributed by atoms with E-state index in [1.54, 1.807) is 14.2 Å². The molecule has 1 N–H and O–H groups in total. The fourth-order valence-electron chi connectivity index (χ4n) is 3.46. The summed E-state index contributed by atoms with van der Waals surface area (Å²) in [4.78, 5) is 25.6. The maximum atomic E-state index is 12.7. The number of rotatable bonds is 6. The van der Waals surface area contributed by atoms with E-state index in [4.69, 9.17) is 9.47 Å². The minimum absolute atomic E-state index is 0.00613. The largest absolute Gasteiger partial charge is 0.493 e. The molecule has 0 aromatic heterocycles. The summed E-state index contributed by atoms with van der Waals surface area (Å²) in [5.41, 5.74) is 2.31. The Bertz CT molecular complexity index is 643. The zero-order valence-electron chi connectivity index (χ0n) is 15.7. The predicted molar refractivity (Wildman–Crippen MR) is 95.8 cm³/mol. The van der Waals surface area contributed by atoms with Crippen LogP contribution in [0, 0.1) is 5.92 Å². The molecule has 0 saturated heterocycles. The molecule has 0 spiro atoms. The van der Waals surface area contributed by atoms with Gasteiger partial charge >= 0.3 is 0 Å². The fourth-order valence-corrected chi connectivity index (χ4v) is 3.46. The minimum Gasteiger partial charge on any atom is -0.493 e. The topological polar surface area (TPSA) is 67.9 Å². The molecule has 1 heterocycles. The van der Waals surface area contributed by atoms with E-state index in [1.807, 2.05) is 17.0 Å². The first-order valence-electron chi connectivity index (χ1n) is 8.67. The van der Waals surface area contributed by atoms with Gasteiger partial charge in [0, 0.05) is 26.4 Å². The number of carbonyl (C=O) groups excluding carboxylic acids is 2. The van der Waals surface area contributed by atoms with Crippen molar-refractivity contribution in [2.75, 3.05) is 27.3 Å². The fraction of sp³-hybridized carbons (Fsp3) is 0.579. The lowest BCUT2D eigenvalue weighted by Gasteiger charge is -2.40. The molecule has 1 unspecified atom stereocenters. The van der Waals surface area contributed by atoms with Crippen molar-refractivity contribution < 1.29 is 19.1 Å². The number of fused-ring (bicyclic) bond motifs is 1. The highest BCUT2D eigenvalue weighted by molar-refractivity contribution is 5.79. The van der Waals surface area contributed by atoms with Crippen LogP contribution in [0.15, 0.2) is 12.1 Å². The first-order chi connectivity index (χ1) is 11.9. The van der Waals surface area contributed by atoms with Gasteiger partial charge in [0.25, 0.3) is 0 Å². The number of hydrogen-bond acceptors (Lipinski definition) is 4. The second-order valence-electron chi connectivity index (χ2n) is 6.66. The second-order valence-corrected chi connectivity index (χ2v) is 6.66. The summed E-state index contributed by atoms with van der Waals surface area (Å²) in [5, 5.41) is 2.69. The molecular formula is C19H28N2O4. The zero-order valence-corrected chi connectivity index (χ0v) is 15.7. The Morgan fingerprint density at radius 2 is 1.88 bits per heavy atom. The third-order valence-corrected chi connectivity index (χ3v) is 4.59. The van der Waals surface area contributed by atoms with E-state index in [0.717, 1.165) is 12.0 Å². The van der Waals surface area contributed by atoms with E-state index in [2.05, 4.69) is 19.2 Å². The molecule has 1 atom stereocenters. The van der Waals surface area contributed by atoms with E-state index in [9.17, 15) is 9.59 Å². The lowest BCUT2D eigenvalue weighted by Crippen LogP contribution is -2.43. The number of methoxy groups -OCH3 is 2. The number of nitrogens with one attached hydrogen (secondary N) is 1. The van der Waals surface area contributed by atoms with Crippen LogP contribution in [-0.4, -0.2) is 44.0 Å². The lowest BCUT2D eigenvalue weighted by atomic mass is 9.85. The Hall–Kier alpha value is -2.24. The van der Waals surface area contributed by atoms with E-state index >= 15 is 0 Å². The van der Waals surface area contributed by atoms with Crippen LogP contribution >= 0.6 is 0 Å². The average molecular weight is 348 g/mol. The summed E-state index contributed by atoms with van der Waals surface area (Å²) in [7, 11) is 3.25. The maximum Gasteiger partial charge on any atom is 0.224 e. The third-order valence-electron chi connectivity index (χ3n) is 4.59. The number of benzene rings is 1. The zero-order chi connectivity index (χ0) is 18.6. The van der Waals surface area contributed by atoms with Gasteiger partial charge in [-0.2, -0.15) is 0 Å². The van der Waals surface area contributed by atoms with E-state index in [-0.39, 0.29) is 23.8 Å². The molecule has 2 rings (SSSR count). The molecule has 1 aromatic carbocycles. The highest BCUT2D eigenvalue weighted by atomic mass is 16.5. The van der Waals surface area contributed by atoms with E-state index < -0.39 is 0 Å². The van der Waals surface area contributed by atoms with Crippen molar-refractivity contribution in [3.63, 3.8) is 0 Å². The van der Waals surface area contributed by atoms with Gasteiger partial charge in [0.2, 0.25) is 11.8 Å². The molecule has 6 nitrogen and oxygen atoms in total. The molecule has 25 heavy (non-hydrogen) atoms. The van der Waals surface area contributed by atoms with Gasteiger partial charge in [-0.15, -0.1) is 0 Å². The predicted octanol–water partition coefficient (Wildman–Crippen LogP) is 2.31. The Labute approximate surface area is 149 Å².